The van der Waals surface area contributed by atoms with Gasteiger partial charge >= 0.3 is 19.9 Å². The minimum absolute atomic E-state index is 0.0102. The van der Waals surface area contributed by atoms with Crippen LogP contribution in [-0.4, -0.2) is 73.5 Å². The Bertz CT molecular complexity index is 1630. The van der Waals surface area contributed by atoms with E-state index in [1.165, 1.54) is 36.0 Å². The zero-order chi connectivity index (χ0) is 33.3. The number of nitrogen functional groups attached to an aromatic ring is 1. The Hall–Kier alpha value is -3.78. The quantitative estimate of drug-likeness (QED) is 0.181. The zero-order valence-electron chi connectivity index (χ0n) is 24.4. The molecule has 2 aliphatic rings. The lowest BCUT2D eigenvalue weighted by Gasteiger charge is -2.31. The Labute approximate surface area is 260 Å². The molecule has 1 aliphatic carbocycles. The third kappa shape index (κ3) is 6.97. The van der Waals surface area contributed by atoms with Crippen LogP contribution in [0.3, 0.4) is 0 Å². The number of carbonyl (C=O) groups excluding carboxylic acids is 1. The van der Waals surface area contributed by atoms with Gasteiger partial charge in [-0.05, 0) is 56.9 Å². The highest BCUT2D eigenvalue weighted by Gasteiger charge is 2.57. The second-order valence-electron chi connectivity index (χ2n) is 11.2. The van der Waals surface area contributed by atoms with Gasteiger partial charge in [0, 0.05) is 0 Å². The standard InChI is InChI=1S/C28H32F3N6O8P/c1-16(26(40)43-18-9-7-17(8-10-18)28(29,30)31)36-46(41,45-19-5-3-2-4-6-19)42-14-27(13-32)24(39)22(38)23(44-27)20-11-12-21-25(33)34-15-35-37(20)21/h2-6,11-12,15-18,22-24,38-39H,7-10,14H2,1H3,(H,36,41)(H2,33,34,35)/t16-,17?,18?,22+,23+,24+,27-,46+/m1/s1. The minimum atomic E-state index is -4.58. The molecule has 0 spiro atoms. The Morgan fingerprint density at radius 1 is 1.24 bits per heavy atom. The minimum Gasteiger partial charge on any atom is -0.461 e. The van der Waals surface area contributed by atoms with Crippen LogP contribution in [0.2, 0.25) is 0 Å². The summed E-state index contributed by atoms with van der Waals surface area (Å²) in [6.07, 6.45) is -9.11. The number of nitriles is 1. The molecule has 2 aromatic heterocycles. The molecule has 1 saturated carbocycles. The van der Waals surface area contributed by atoms with Crippen LogP contribution in [0.1, 0.15) is 44.4 Å². The maximum absolute atomic E-state index is 14.0. The molecule has 1 saturated heterocycles. The fourth-order valence-corrected chi connectivity index (χ4v) is 6.95. The van der Waals surface area contributed by atoms with Crippen LogP contribution >= 0.6 is 7.75 Å². The van der Waals surface area contributed by atoms with E-state index in [0.717, 1.165) is 0 Å². The molecule has 5 rings (SSSR count). The number of aromatic nitrogens is 3. The number of nitrogens with zero attached hydrogens (tertiary/aromatic N) is 4. The van der Waals surface area contributed by atoms with Gasteiger partial charge in [0.15, 0.2) is 5.82 Å². The maximum atomic E-state index is 14.0. The molecule has 5 N–H and O–H groups in total. The number of alkyl halides is 3. The van der Waals surface area contributed by atoms with Crippen molar-refractivity contribution in [1.29, 1.82) is 5.26 Å². The molecule has 3 heterocycles. The van der Waals surface area contributed by atoms with Crippen molar-refractivity contribution in [3.8, 4) is 11.8 Å². The summed E-state index contributed by atoms with van der Waals surface area (Å²) in [7, 11) is -4.58. The Kier molecular flexibility index (Phi) is 9.60. The predicted octanol–water partition coefficient (Wildman–Crippen LogP) is 3.21. The van der Waals surface area contributed by atoms with E-state index in [9.17, 15) is 38.0 Å². The summed E-state index contributed by atoms with van der Waals surface area (Å²) in [5, 5.41) is 38.5. The van der Waals surface area contributed by atoms with Gasteiger partial charge in [-0.2, -0.15) is 28.6 Å². The van der Waals surface area contributed by atoms with Gasteiger partial charge in [-0.1, -0.05) is 18.2 Å². The summed E-state index contributed by atoms with van der Waals surface area (Å²) in [6.45, 7) is 0.388. The van der Waals surface area contributed by atoms with Gasteiger partial charge in [0.1, 0.15) is 60.7 Å². The summed E-state index contributed by atoms with van der Waals surface area (Å²) in [5.74, 6) is -2.19. The largest absolute Gasteiger partial charge is 0.461 e. The highest BCUT2D eigenvalue weighted by atomic mass is 31.2. The number of aliphatic hydroxyl groups excluding tert-OH is 2. The number of para-hydroxylation sites is 1. The van der Waals surface area contributed by atoms with Crippen molar-refractivity contribution in [2.45, 2.75) is 74.8 Å². The van der Waals surface area contributed by atoms with E-state index in [2.05, 4.69) is 15.2 Å². The van der Waals surface area contributed by atoms with Crippen molar-refractivity contribution in [3.63, 3.8) is 0 Å². The molecule has 0 amide bonds. The van der Waals surface area contributed by atoms with E-state index in [-0.39, 0.29) is 42.9 Å². The summed E-state index contributed by atoms with van der Waals surface area (Å²) in [4.78, 5) is 16.8. The number of rotatable bonds is 10. The number of hydrogen-bond donors (Lipinski definition) is 4. The van der Waals surface area contributed by atoms with Crippen molar-refractivity contribution in [2.24, 2.45) is 5.92 Å². The lowest BCUT2D eigenvalue weighted by Crippen LogP contribution is -2.46. The van der Waals surface area contributed by atoms with Gasteiger partial charge in [0.2, 0.25) is 5.60 Å². The van der Waals surface area contributed by atoms with Crippen molar-refractivity contribution in [3.05, 3.63) is 54.5 Å². The number of fused-ring (bicyclic) bond motifs is 1. The Morgan fingerprint density at radius 2 is 1.93 bits per heavy atom. The first-order valence-electron chi connectivity index (χ1n) is 14.3. The average Bonchev–Trinajstić information content (AvgIpc) is 3.56. The van der Waals surface area contributed by atoms with Crippen molar-refractivity contribution in [1.82, 2.24) is 19.7 Å². The molecule has 248 valence electrons. The predicted molar refractivity (Wildman–Crippen MR) is 153 cm³/mol. The van der Waals surface area contributed by atoms with Gasteiger partial charge in [-0.15, -0.1) is 0 Å². The van der Waals surface area contributed by atoms with Gasteiger partial charge < -0.3 is 29.9 Å². The highest BCUT2D eigenvalue weighted by molar-refractivity contribution is 7.52. The third-order valence-electron chi connectivity index (χ3n) is 7.98. The number of aliphatic hydroxyl groups is 2. The molecule has 1 aromatic carbocycles. The fourth-order valence-electron chi connectivity index (χ4n) is 5.43. The summed E-state index contributed by atoms with van der Waals surface area (Å²) in [6, 6.07) is 11.2. The summed E-state index contributed by atoms with van der Waals surface area (Å²) in [5.41, 5.74) is 4.22. The van der Waals surface area contributed by atoms with Crippen LogP contribution in [0.5, 0.6) is 5.75 Å². The second-order valence-corrected chi connectivity index (χ2v) is 12.8. The van der Waals surface area contributed by atoms with Gasteiger partial charge in [-0.25, -0.2) is 14.1 Å². The summed E-state index contributed by atoms with van der Waals surface area (Å²) >= 11 is 0. The van der Waals surface area contributed by atoms with E-state index in [1.54, 1.807) is 30.3 Å². The number of anilines is 1. The Balaban J connectivity index is 1.31. The number of esters is 1. The number of hydrogen-bond acceptors (Lipinski definition) is 12. The zero-order valence-corrected chi connectivity index (χ0v) is 25.3. The number of benzene rings is 1. The smallest absolute Gasteiger partial charge is 0.459 e. The first-order chi connectivity index (χ1) is 21.7. The number of carbonyl (C=O) groups is 1. The Morgan fingerprint density at radius 3 is 2.59 bits per heavy atom. The average molecular weight is 669 g/mol. The number of halogens is 3. The van der Waals surface area contributed by atoms with E-state index in [1.807, 2.05) is 0 Å². The lowest BCUT2D eigenvalue weighted by atomic mass is 9.87. The van der Waals surface area contributed by atoms with E-state index < -0.39 is 68.5 Å². The van der Waals surface area contributed by atoms with E-state index in [4.69, 9.17) is 24.3 Å². The van der Waals surface area contributed by atoms with Crippen molar-refractivity contribution < 1.29 is 51.3 Å². The van der Waals surface area contributed by atoms with E-state index in [0.29, 0.717) is 5.52 Å². The summed E-state index contributed by atoms with van der Waals surface area (Å²) < 4.78 is 76.9. The SMILES string of the molecule is C[C@@H](N[P@](=O)(OC[C@@]1(C#N)O[C@@H](c2ccc3c(N)ncnn23)[C@H](O)[C@@H]1O)Oc1ccccc1)C(=O)OC1CCC(C(F)(F)F)CC1. The number of nitrogens with two attached hydrogens (primary N) is 1. The molecule has 0 radical (unpaired) electrons. The van der Waals surface area contributed by atoms with Crippen LogP contribution in [0, 0.1) is 17.2 Å². The van der Waals surface area contributed by atoms with Gasteiger partial charge in [0.05, 0.1) is 11.6 Å². The third-order valence-corrected chi connectivity index (χ3v) is 9.61. The molecule has 0 unspecified atom stereocenters. The topological polar surface area (TPSA) is 204 Å². The van der Waals surface area contributed by atoms with Crippen LogP contribution in [0.15, 0.2) is 48.8 Å². The molecule has 0 bridgehead atoms. The molecular formula is C28H32F3N6O8P. The lowest BCUT2D eigenvalue weighted by molar-refractivity contribution is -0.188. The molecule has 3 aromatic rings. The van der Waals surface area contributed by atoms with E-state index >= 15 is 0 Å². The molecule has 6 atom stereocenters. The number of nitrogens with one attached hydrogen (secondary N) is 1. The van der Waals surface area contributed by atoms with Crippen LogP contribution in [0.4, 0.5) is 19.0 Å². The second kappa shape index (κ2) is 13.1. The van der Waals surface area contributed by atoms with Crippen molar-refractivity contribution in [2.75, 3.05) is 12.3 Å². The van der Waals surface area contributed by atoms with Crippen LogP contribution in [-0.2, 0) is 23.4 Å². The molecule has 1 aliphatic heterocycles. The van der Waals surface area contributed by atoms with Crippen LogP contribution in [0.25, 0.3) is 5.52 Å². The fraction of sp³-hybridized carbons (Fsp3) is 0.500. The number of ether oxygens (including phenoxy) is 2. The molecule has 18 heteroatoms. The molecule has 46 heavy (non-hydrogen) atoms. The normalized spacial score (nSPS) is 28.7. The monoisotopic (exact) mass is 668 g/mol. The van der Waals surface area contributed by atoms with Crippen LogP contribution < -0.4 is 15.3 Å². The molecule has 2 fully saturated rings. The first-order valence-corrected chi connectivity index (χ1v) is 15.9. The van der Waals surface area contributed by atoms with Gasteiger partial charge in [-0.3, -0.25) is 9.32 Å². The molecular weight excluding hydrogens is 636 g/mol. The first kappa shape index (κ1) is 33.6. The van der Waals surface area contributed by atoms with Crippen molar-refractivity contribution >= 4 is 25.1 Å². The highest BCUT2D eigenvalue weighted by Crippen LogP contribution is 2.48. The van der Waals surface area contributed by atoms with Gasteiger partial charge in [0.25, 0.3) is 0 Å². The maximum Gasteiger partial charge on any atom is 0.459 e. The molecule has 14 nitrogen and oxygen atoms in total.